The number of aliphatic hydroxyl groups is 1. The first kappa shape index (κ1) is 19.3. The summed E-state index contributed by atoms with van der Waals surface area (Å²) in [6, 6.07) is 4.85. The summed E-state index contributed by atoms with van der Waals surface area (Å²) < 4.78 is 44.2. The van der Waals surface area contributed by atoms with Gasteiger partial charge in [-0.3, -0.25) is 4.79 Å². The summed E-state index contributed by atoms with van der Waals surface area (Å²) in [5, 5.41) is 10.1. The molecule has 0 radical (unpaired) electrons. The lowest BCUT2D eigenvalue weighted by molar-refractivity contribution is -0.137. The van der Waals surface area contributed by atoms with Gasteiger partial charge in [0.05, 0.1) is 23.6 Å². The number of aliphatic hydroxyl groups excluding tert-OH is 1. The van der Waals surface area contributed by atoms with Gasteiger partial charge in [-0.05, 0) is 12.1 Å². The second kappa shape index (κ2) is 7.92. The van der Waals surface area contributed by atoms with Gasteiger partial charge in [0.25, 0.3) is 5.91 Å². The molecular weight excluding hydrogens is 357 g/mol. The Hall–Kier alpha value is -2.00. The van der Waals surface area contributed by atoms with Gasteiger partial charge in [-0.15, -0.1) is 0 Å². The van der Waals surface area contributed by atoms with E-state index in [1.807, 2.05) is 0 Å². The SMILES string of the molecule is COCCN(C)C(=O)C1=C(O)CSC1=Nc1ccccc1C(F)(F)F. The number of aliphatic imine (C=N–C) groups is 1. The van der Waals surface area contributed by atoms with E-state index in [2.05, 4.69) is 4.99 Å². The maximum absolute atomic E-state index is 13.1. The highest BCUT2D eigenvalue weighted by Gasteiger charge is 2.35. The summed E-state index contributed by atoms with van der Waals surface area (Å²) in [6.07, 6.45) is -4.56. The number of nitrogens with zero attached hydrogens (tertiary/aromatic N) is 2. The topological polar surface area (TPSA) is 62.1 Å². The highest BCUT2D eigenvalue weighted by atomic mass is 32.2. The molecule has 1 aromatic rings. The van der Waals surface area contributed by atoms with Gasteiger partial charge >= 0.3 is 6.18 Å². The van der Waals surface area contributed by atoms with E-state index < -0.39 is 17.6 Å². The van der Waals surface area contributed by atoms with Gasteiger partial charge < -0.3 is 14.7 Å². The first-order valence-electron chi connectivity index (χ1n) is 7.30. The maximum atomic E-state index is 13.1. The standard InChI is InChI=1S/C16H17F3N2O3S/c1-21(7-8-24-2)15(23)13-12(22)9-25-14(13)20-11-6-4-3-5-10(11)16(17,18)19/h3-6,22H,7-9H2,1-2H3. The first-order valence-corrected chi connectivity index (χ1v) is 8.29. The van der Waals surface area contributed by atoms with E-state index >= 15 is 0 Å². The molecule has 0 fully saturated rings. The fourth-order valence-electron chi connectivity index (χ4n) is 2.15. The first-order chi connectivity index (χ1) is 11.8. The Kier molecular flexibility index (Phi) is 6.12. The molecule has 1 aliphatic rings. The van der Waals surface area contributed by atoms with Gasteiger partial charge in [0.15, 0.2) is 0 Å². The van der Waals surface area contributed by atoms with Crippen molar-refractivity contribution in [3.8, 4) is 0 Å². The van der Waals surface area contributed by atoms with E-state index in [1.165, 1.54) is 37.3 Å². The number of amides is 1. The van der Waals surface area contributed by atoms with Gasteiger partial charge in [-0.2, -0.15) is 13.2 Å². The number of ether oxygens (including phenoxy) is 1. The number of likely N-dealkylation sites (N-methyl/N-ethyl adjacent to an activating group) is 1. The maximum Gasteiger partial charge on any atom is 0.418 e. The van der Waals surface area contributed by atoms with Crippen LogP contribution < -0.4 is 0 Å². The van der Waals surface area contributed by atoms with Crippen LogP contribution in [0.2, 0.25) is 0 Å². The molecule has 0 aliphatic carbocycles. The molecule has 2 rings (SSSR count). The summed E-state index contributed by atoms with van der Waals surface area (Å²) >= 11 is 1.02. The number of para-hydroxylation sites is 1. The van der Waals surface area contributed by atoms with E-state index in [4.69, 9.17) is 4.74 Å². The zero-order chi connectivity index (χ0) is 18.6. The Labute approximate surface area is 147 Å². The smallest absolute Gasteiger partial charge is 0.418 e. The third-order valence-corrected chi connectivity index (χ3v) is 4.46. The third kappa shape index (κ3) is 4.55. The van der Waals surface area contributed by atoms with Crippen LogP contribution in [-0.2, 0) is 15.7 Å². The normalized spacial score (nSPS) is 16.6. The average Bonchev–Trinajstić information content (AvgIpc) is 2.91. The van der Waals surface area contributed by atoms with Gasteiger partial charge in [-0.1, -0.05) is 23.9 Å². The highest BCUT2D eigenvalue weighted by Crippen LogP contribution is 2.38. The minimum atomic E-state index is -4.56. The molecule has 9 heteroatoms. The Morgan fingerprint density at radius 2 is 2.08 bits per heavy atom. The summed E-state index contributed by atoms with van der Waals surface area (Å²) in [4.78, 5) is 17.8. The second-order valence-corrected chi connectivity index (χ2v) is 6.23. The van der Waals surface area contributed by atoms with Crippen molar-refractivity contribution < 1.29 is 27.8 Å². The van der Waals surface area contributed by atoms with Gasteiger partial charge in [0.1, 0.15) is 16.4 Å². The molecule has 1 N–H and O–H groups in total. The second-order valence-electron chi connectivity index (χ2n) is 5.26. The van der Waals surface area contributed by atoms with E-state index in [9.17, 15) is 23.1 Å². The van der Waals surface area contributed by atoms with Crippen molar-refractivity contribution in [2.45, 2.75) is 6.18 Å². The van der Waals surface area contributed by atoms with Crippen LogP contribution in [0.5, 0.6) is 0 Å². The van der Waals surface area contributed by atoms with Crippen LogP contribution in [0.25, 0.3) is 0 Å². The Bertz CT molecular complexity index is 717. The summed E-state index contributed by atoms with van der Waals surface area (Å²) in [5.41, 5.74) is -1.26. The zero-order valence-electron chi connectivity index (χ0n) is 13.6. The van der Waals surface area contributed by atoms with Crippen molar-refractivity contribution >= 4 is 28.4 Å². The molecule has 1 aromatic carbocycles. The highest BCUT2D eigenvalue weighted by molar-refractivity contribution is 8.15. The Balaban J connectivity index is 2.37. The number of hydrogen-bond acceptors (Lipinski definition) is 5. The van der Waals surface area contributed by atoms with Gasteiger partial charge in [0.2, 0.25) is 0 Å². The monoisotopic (exact) mass is 374 g/mol. The average molecular weight is 374 g/mol. The van der Waals surface area contributed by atoms with Crippen LogP contribution in [0, 0.1) is 0 Å². The summed E-state index contributed by atoms with van der Waals surface area (Å²) in [6.45, 7) is 0.579. The van der Waals surface area contributed by atoms with Crippen molar-refractivity contribution in [2.75, 3.05) is 33.1 Å². The number of rotatable bonds is 5. The predicted molar refractivity (Wildman–Crippen MR) is 90.2 cm³/mol. The predicted octanol–water partition coefficient (Wildman–Crippen LogP) is 3.40. The molecular formula is C16H17F3N2O3S. The number of hydrogen-bond donors (Lipinski definition) is 1. The lowest BCUT2D eigenvalue weighted by atomic mass is 10.1. The minimum Gasteiger partial charge on any atom is -0.510 e. The van der Waals surface area contributed by atoms with E-state index in [1.54, 1.807) is 0 Å². The molecule has 1 heterocycles. The van der Waals surface area contributed by atoms with Crippen molar-refractivity contribution in [1.29, 1.82) is 0 Å². The molecule has 25 heavy (non-hydrogen) atoms. The fraction of sp³-hybridized carbons (Fsp3) is 0.375. The number of benzene rings is 1. The molecule has 1 amide bonds. The molecule has 136 valence electrons. The third-order valence-electron chi connectivity index (χ3n) is 3.47. The largest absolute Gasteiger partial charge is 0.510 e. The van der Waals surface area contributed by atoms with E-state index in [0.717, 1.165) is 17.8 Å². The minimum absolute atomic E-state index is 0.0689. The lowest BCUT2D eigenvalue weighted by Gasteiger charge is -2.17. The molecule has 1 aliphatic heterocycles. The number of carbonyl (C=O) groups excluding carboxylic acids is 1. The Morgan fingerprint density at radius 1 is 1.40 bits per heavy atom. The fourth-order valence-corrected chi connectivity index (χ4v) is 3.08. The summed E-state index contributed by atoms with van der Waals surface area (Å²) in [7, 11) is 3.01. The molecule has 0 atom stereocenters. The number of halogens is 3. The quantitative estimate of drug-likeness (QED) is 0.858. The number of methoxy groups -OCH3 is 1. The number of carbonyl (C=O) groups is 1. The van der Waals surface area contributed by atoms with Crippen LogP contribution in [0.1, 0.15) is 5.56 Å². The van der Waals surface area contributed by atoms with Crippen LogP contribution in [0.3, 0.4) is 0 Å². The van der Waals surface area contributed by atoms with Crippen LogP contribution in [0.4, 0.5) is 18.9 Å². The van der Waals surface area contributed by atoms with Gasteiger partial charge in [-0.25, -0.2) is 4.99 Å². The van der Waals surface area contributed by atoms with E-state index in [0.29, 0.717) is 6.61 Å². The molecule has 5 nitrogen and oxygen atoms in total. The molecule has 0 spiro atoms. The molecule has 0 saturated heterocycles. The molecule has 0 saturated carbocycles. The van der Waals surface area contributed by atoms with Crippen molar-refractivity contribution in [2.24, 2.45) is 4.99 Å². The van der Waals surface area contributed by atoms with Crippen LogP contribution in [0.15, 0.2) is 40.6 Å². The van der Waals surface area contributed by atoms with Crippen molar-refractivity contribution in [1.82, 2.24) is 4.90 Å². The number of alkyl halides is 3. The summed E-state index contributed by atoms with van der Waals surface area (Å²) in [5.74, 6) is -0.614. The Morgan fingerprint density at radius 3 is 2.72 bits per heavy atom. The lowest BCUT2D eigenvalue weighted by Crippen LogP contribution is -2.32. The number of thioether (sulfide) groups is 1. The van der Waals surface area contributed by atoms with Gasteiger partial charge in [0, 0.05) is 20.7 Å². The van der Waals surface area contributed by atoms with Crippen LogP contribution >= 0.6 is 11.8 Å². The zero-order valence-corrected chi connectivity index (χ0v) is 14.4. The van der Waals surface area contributed by atoms with Crippen molar-refractivity contribution in [3.05, 3.63) is 41.2 Å². The molecule has 0 unspecified atom stereocenters. The van der Waals surface area contributed by atoms with E-state index in [-0.39, 0.29) is 34.4 Å². The molecule has 0 bridgehead atoms. The van der Waals surface area contributed by atoms with Crippen molar-refractivity contribution in [3.63, 3.8) is 0 Å². The molecule has 0 aromatic heterocycles. The van der Waals surface area contributed by atoms with Crippen LogP contribution in [-0.4, -0.2) is 54.0 Å².